The zero-order valence-corrected chi connectivity index (χ0v) is 18.4. The van der Waals surface area contributed by atoms with E-state index in [-0.39, 0.29) is 29.7 Å². The van der Waals surface area contributed by atoms with Crippen molar-refractivity contribution in [1.82, 2.24) is 4.90 Å². The zero-order chi connectivity index (χ0) is 23.4. The quantitative estimate of drug-likeness (QED) is 0.412. The molecule has 0 bridgehead atoms. The van der Waals surface area contributed by atoms with Crippen LogP contribution in [0.1, 0.15) is 16.7 Å². The average molecular weight is 467 g/mol. The van der Waals surface area contributed by atoms with Gasteiger partial charge in [0.15, 0.2) is 11.5 Å². The predicted octanol–water partition coefficient (Wildman–Crippen LogP) is 5.79. The Morgan fingerprint density at radius 3 is 2.45 bits per heavy atom. The third-order valence-electron chi connectivity index (χ3n) is 4.95. The molecule has 1 saturated heterocycles. The number of carbonyl (C=O) groups is 2. The van der Waals surface area contributed by atoms with Crippen molar-refractivity contribution in [1.29, 1.82) is 0 Å². The van der Waals surface area contributed by atoms with Crippen LogP contribution >= 0.6 is 11.8 Å². The molecule has 4 rings (SSSR count). The first-order valence-electron chi connectivity index (χ1n) is 9.98. The Balaban J connectivity index is 1.49. The second kappa shape index (κ2) is 9.87. The fourth-order valence-corrected chi connectivity index (χ4v) is 4.06. The second-order valence-corrected chi connectivity index (χ2v) is 8.18. The monoisotopic (exact) mass is 467 g/mol. The van der Waals surface area contributed by atoms with Gasteiger partial charge in [0.25, 0.3) is 11.1 Å². The van der Waals surface area contributed by atoms with Crippen LogP contribution in [0.15, 0.2) is 71.6 Å². The molecule has 1 fully saturated rings. The highest BCUT2D eigenvalue weighted by molar-refractivity contribution is 8.18. The number of nitrogens with zero attached hydrogens (tertiary/aromatic N) is 1. The van der Waals surface area contributed by atoms with Gasteiger partial charge in [-0.1, -0.05) is 36.4 Å². The predicted molar refractivity (Wildman–Crippen MR) is 122 cm³/mol. The number of ether oxygens (including phenoxy) is 2. The van der Waals surface area contributed by atoms with Crippen molar-refractivity contribution in [3.63, 3.8) is 0 Å². The minimum absolute atomic E-state index is 0.0324. The van der Waals surface area contributed by atoms with Crippen LogP contribution in [0, 0.1) is 11.6 Å². The van der Waals surface area contributed by atoms with Crippen molar-refractivity contribution in [2.75, 3.05) is 7.11 Å². The lowest BCUT2D eigenvalue weighted by Gasteiger charge is -2.12. The number of hydrogen-bond donors (Lipinski definition) is 0. The average Bonchev–Trinajstić information content (AvgIpc) is 3.07. The lowest BCUT2D eigenvalue weighted by atomic mass is 10.1. The summed E-state index contributed by atoms with van der Waals surface area (Å²) in [7, 11) is 1.48. The summed E-state index contributed by atoms with van der Waals surface area (Å²) in [6.07, 6.45) is 1.60. The molecule has 3 aromatic rings. The standard InChI is InChI=1S/C25H19F2NO4S/c1-31-22-12-17(8-11-21(22)32-15-18-4-2-3-5-20(18)27)13-23-24(29)28(25(30)33-23)14-16-6-9-19(26)10-7-16/h2-13H,14-15H2,1H3/b23-13-. The number of hydrogen-bond acceptors (Lipinski definition) is 5. The van der Waals surface area contributed by atoms with Crippen LogP contribution in [0.5, 0.6) is 11.5 Å². The van der Waals surface area contributed by atoms with Gasteiger partial charge in [0, 0.05) is 5.56 Å². The number of methoxy groups -OCH3 is 1. The van der Waals surface area contributed by atoms with Gasteiger partial charge in [-0.05, 0) is 59.3 Å². The number of thioether (sulfide) groups is 1. The Morgan fingerprint density at radius 2 is 1.73 bits per heavy atom. The van der Waals surface area contributed by atoms with Crippen molar-refractivity contribution in [3.05, 3.63) is 100.0 Å². The van der Waals surface area contributed by atoms with Gasteiger partial charge in [-0.3, -0.25) is 14.5 Å². The molecule has 0 saturated carbocycles. The van der Waals surface area contributed by atoms with E-state index in [2.05, 4.69) is 0 Å². The first-order valence-corrected chi connectivity index (χ1v) is 10.8. The van der Waals surface area contributed by atoms with Gasteiger partial charge in [-0.15, -0.1) is 0 Å². The molecule has 5 nitrogen and oxygen atoms in total. The summed E-state index contributed by atoms with van der Waals surface area (Å²) in [4.78, 5) is 26.5. The van der Waals surface area contributed by atoms with Gasteiger partial charge in [0.2, 0.25) is 0 Å². The van der Waals surface area contributed by atoms with E-state index in [1.807, 2.05) is 0 Å². The number of benzene rings is 3. The Bertz CT molecular complexity index is 1230. The third-order valence-corrected chi connectivity index (χ3v) is 5.86. The number of amides is 2. The molecule has 1 aliphatic heterocycles. The molecule has 0 spiro atoms. The highest BCUT2D eigenvalue weighted by Crippen LogP contribution is 2.35. The largest absolute Gasteiger partial charge is 0.493 e. The van der Waals surface area contributed by atoms with E-state index >= 15 is 0 Å². The van der Waals surface area contributed by atoms with Gasteiger partial charge in [-0.2, -0.15) is 0 Å². The molecule has 0 aromatic heterocycles. The Hall–Kier alpha value is -3.65. The maximum absolute atomic E-state index is 13.8. The van der Waals surface area contributed by atoms with E-state index in [4.69, 9.17) is 9.47 Å². The summed E-state index contributed by atoms with van der Waals surface area (Å²) >= 11 is 0.837. The van der Waals surface area contributed by atoms with Gasteiger partial charge >= 0.3 is 0 Å². The van der Waals surface area contributed by atoms with Gasteiger partial charge < -0.3 is 9.47 Å². The van der Waals surface area contributed by atoms with Crippen LogP contribution in [-0.2, 0) is 17.9 Å². The maximum Gasteiger partial charge on any atom is 0.293 e. The zero-order valence-electron chi connectivity index (χ0n) is 17.6. The van der Waals surface area contributed by atoms with Crippen molar-refractivity contribution in [2.24, 2.45) is 0 Å². The van der Waals surface area contributed by atoms with Crippen LogP contribution in [0.25, 0.3) is 6.08 Å². The molecule has 168 valence electrons. The van der Waals surface area contributed by atoms with Gasteiger partial charge in [-0.25, -0.2) is 8.78 Å². The fourth-order valence-electron chi connectivity index (χ4n) is 3.22. The van der Waals surface area contributed by atoms with E-state index in [0.29, 0.717) is 28.2 Å². The van der Waals surface area contributed by atoms with Crippen LogP contribution in [0.3, 0.4) is 0 Å². The molecule has 0 unspecified atom stereocenters. The summed E-state index contributed by atoms with van der Waals surface area (Å²) in [5, 5.41) is -0.396. The molecule has 1 aliphatic rings. The molecule has 0 N–H and O–H groups in total. The van der Waals surface area contributed by atoms with Crippen LogP contribution in [0.2, 0.25) is 0 Å². The number of carbonyl (C=O) groups excluding carboxylic acids is 2. The highest BCUT2D eigenvalue weighted by atomic mass is 32.2. The number of imide groups is 1. The minimum atomic E-state index is -0.423. The smallest absolute Gasteiger partial charge is 0.293 e. The highest BCUT2D eigenvalue weighted by Gasteiger charge is 2.35. The van der Waals surface area contributed by atoms with E-state index in [0.717, 1.165) is 16.7 Å². The van der Waals surface area contributed by atoms with Crippen LogP contribution in [0.4, 0.5) is 13.6 Å². The molecular weight excluding hydrogens is 448 g/mol. The normalized spacial score (nSPS) is 14.8. The lowest BCUT2D eigenvalue weighted by molar-refractivity contribution is -0.123. The molecule has 2 amide bonds. The summed E-state index contributed by atoms with van der Waals surface area (Å²) in [5.41, 5.74) is 1.70. The summed E-state index contributed by atoms with van der Waals surface area (Å²) in [5.74, 6) is -0.339. The molecular formula is C25H19F2NO4S. The van der Waals surface area contributed by atoms with E-state index in [1.54, 1.807) is 42.5 Å². The summed E-state index contributed by atoms with van der Waals surface area (Å²) in [6, 6.07) is 17.0. The van der Waals surface area contributed by atoms with Crippen molar-refractivity contribution >= 4 is 29.0 Å². The minimum Gasteiger partial charge on any atom is -0.493 e. The first kappa shape index (κ1) is 22.5. The Kier molecular flexibility index (Phi) is 6.74. The second-order valence-electron chi connectivity index (χ2n) is 7.18. The molecule has 0 aliphatic carbocycles. The van der Waals surface area contributed by atoms with Crippen molar-refractivity contribution in [3.8, 4) is 11.5 Å². The fraction of sp³-hybridized carbons (Fsp3) is 0.120. The molecule has 8 heteroatoms. The molecule has 3 aromatic carbocycles. The molecule has 0 atom stereocenters. The topological polar surface area (TPSA) is 55.8 Å². The number of rotatable bonds is 7. The SMILES string of the molecule is COc1cc(/C=C2\SC(=O)N(Cc3ccc(F)cc3)C2=O)ccc1OCc1ccccc1F. The van der Waals surface area contributed by atoms with Crippen LogP contribution in [-0.4, -0.2) is 23.2 Å². The van der Waals surface area contributed by atoms with Crippen LogP contribution < -0.4 is 9.47 Å². The number of halogens is 2. The molecule has 0 radical (unpaired) electrons. The summed E-state index contributed by atoms with van der Waals surface area (Å²) in [6.45, 7) is 0.0963. The molecule has 1 heterocycles. The van der Waals surface area contributed by atoms with E-state index < -0.39 is 11.1 Å². The van der Waals surface area contributed by atoms with Crippen molar-refractivity contribution < 1.29 is 27.8 Å². The van der Waals surface area contributed by atoms with E-state index in [9.17, 15) is 18.4 Å². The first-order chi connectivity index (χ1) is 15.9. The summed E-state index contributed by atoms with van der Waals surface area (Å²) < 4.78 is 38.0. The lowest BCUT2D eigenvalue weighted by Crippen LogP contribution is -2.27. The van der Waals surface area contributed by atoms with Gasteiger partial charge in [0.1, 0.15) is 18.2 Å². The Morgan fingerprint density at radius 1 is 0.970 bits per heavy atom. The van der Waals surface area contributed by atoms with Gasteiger partial charge in [0.05, 0.1) is 18.6 Å². The van der Waals surface area contributed by atoms with Crippen molar-refractivity contribution in [2.45, 2.75) is 13.2 Å². The third kappa shape index (κ3) is 5.23. The Labute approximate surface area is 193 Å². The molecule has 33 heavy (non-hydrogen) atoms. The maximum atomic E-state index is 13.8. The van der Waals surface area contributed by atoms with E-state index in [1.165, 1.54) is 37.4 Å².